The van der Waals surface area contributed by atoms with Crippen LogP contribution in [0.15, 0.2) is 48.5 Å². The first-order chi connectivity index (χ1) is 13.8. The fraction of sp³-hybridized carbons (Fsp3) is 0.318. The maximum Gasteiger partial charge on any atom is 0.319 e. The molecule has 7 nitrogen and oxygen atoms in total. The molecule has 0 fully saturated rings. The second kappa shape index (κ2) is 10.3. The van der Waals surface area contributed by atoms with Crippen molar-refractivity contribution in [2.24, 2.45) is 0 Å². The van der Waals surface area contributed by atoms with E-state index < -0.39 is 12.0 Å². The molecule has 7 heteroatoms. The molecule has 154 valence electrons. The number of carboxylic acids is 1. The Morgan fingerprint density at radius 3 is 2.38 bits per heavy atom. The van der Waals surface area contributed by atoms with Crippen LogP contribution >= 0.6 is 0 Å². The predicted molar refractivity (Wildman–Crippen MR) is 112 cm³/mol. The Kier molecular flexibility index (Phi) is 7.77. The summed E-state index contributed by atoms with van der Waals surface area (Å²) in [6, 6.07) is 13.9. The molecule has 0 saturated heterocycles. The number of rotatable bonds is 8. The van der Waals surface area contributed by atoms with Crippen molar-refractivity contribution in [2.45, 2.75) is 32.2 Å². The average molecular weight is 397 g/mol. The van der Waals surface area contributed by atoms with Gasteiger partial charge in [-0.05, 0) is 43.0 Å². The van der Waals surface area contributed by atoms with Gasteiger partial charge >= 0.3 is 12.0 Å². The quantitative estimate of drug-likeness (QED) is 0.636. The van der Waals surface area contributed by atoms with Gasteiger partial charge in [0.15, 0.2) is 0 Å². The molecule has 2 aromatic rings. The highest BCUT2D eigenvalue weighted by molar-refractivity contribution is 5.97. The van der Waals surface area contributed by atoms with E-state index in [0.717, 1.165) is 11.1 Å². The second-order valence-electron chi connectivity index (χ2n) is 7.15. The Morgan fingerprint density at radius 1 is 1.07 bits per heavy atom. The summed E-state index contributed by atoms with van der Waals surface area (Å²) in [5.74, 6) is -1.06. The van der Waals surface area contributed by atoms with Crippen molar-refractivity contribution in [2.75, 3.05) is 19.4 Å². The van der Waals surface area contributed by atoms with Gasteiger partial charge in [0.05, 0.1) is 0 Å². The Morgan fingerprint density at radius 2 is 1.76 bits per heavy atom. The van der Waals surface area contributed by atoms with E-state index in [1.807, 2.05) is 37.3 Å². The molecule has 0 spiro atoms. The normalized spacial score (nSPS) is 11.4. The number of carboxylic acid groups (broad SMARTS) is 1. The molecule has 2 aromatic carbocycles. The fourth-order valence-electron chi connectivity index (χ4n) is 2.91. The van der Waals surface area contributed by atoms with Gasteiger partial charge in [-0.15, -0.1) is 0 Å². The molecule has 0 aliphatic carbocycles. The van der Waals surface area contributed by atoms with Gasteiger partial charge in [0.2, 0.25) is 0 Å². The summed E-state index contributed by atoms with van der Waals surface area (Å²) in [5.41, 5.74) is 2.84. The third kappa shape index (κ3) is 6.95. The molecule has 1 atom stereocenters. The zero-order valence-corrected chi connectivity index (χ0v) is 16.9. The Bertz CT molecular complexity index is 866. The highest BCUT2D eigenvalue weighted by Crippen LogP contribution is 2.18. The van der Waals surface area contributed by atoms with E-state index >= 15 is 0 Å². The molecule has 29 heavy (non-hydrogen) atoms. The van der Waals surface area contributed by atoms with E-state index in [1.165, 1.54) is 4.90 Å². The third-order valence-corrected chi connectivity index (χ3v) is 4.51. The number of carbonyl (C=O) groups excluding carboxylic acids is 2. The van der Waals surface area contributed by atoms with E-state index in [2.05, 4.69) is 10.6 Å². The molecule has 0 radical (unpaired) electrons. The second-order valence-corrected chi connectivity index (χ2v) is 7.15. The number of nitrogens with zero attached hydrogens (tertiary/aromatic N) is 1. The van der Waals surface area contributed by atoms with Gasteiger partial charge in [-0.25, -0.2) is 4.79 Å². The van der Waals surface area contributed by atoms with Crippen LogP contribution in [0.1, 0.15) is 34.3 Å². The monoisotopic (exact) mass is 397 g/mol. The van der Waals surface area contributed by atoms with Crippen molar-refractivity contribution in [3.8, 4) is 0 Å². The van der Waals surface area contributed by atoms with Gasteiger partial charge in [0.25, 0.3) is 5.91 Å². The number of benzene rings is 2. The van der Waals surface area contributed by atoms with Crippen LogP contribution in [0.25, 0.3) is 0 Å². The summed E-state index contributed by atoms with van der Waals surface area (Å²) in [6.07, 6.45) is 0.805. The lowest BCUT2D eigenvalue weighted by Gasteiger charge is -2.20. The van der Waals surface area contributed by atoms with Crippen LogP contribution in [0.5, 0.6) is 0 Å². The SMILES string of the molecule is Cc1ccc(C(=O)N(C)C)cc1NC(=O)NC(CCC(=O)O)Cc1ccccc1. The van der Waals surface area contributed by atoms with Gasteiger partial charge in [-0.2, -0.15) is 0 Å². The van der Waals surface area contributed by atoms with E-state index in [9.17, 15) is 14.4 Å². The van der Waals surface area contributed by atoms with Crippen molar-refractivity contribution in [1.29, 1.82) is 0 Å². The van der Waals surface area contributed by atoms with Gasteiger partial charge in [0, 0.05) is 37.8 Å². The number of aliphatic carboxylic acids is 1. The van der Waals surface area contributed by atoms with Crippen molar-refractivity contribution in [3.05, 3.63) is 65.2 Å². The van der Waals surface area contributed by atoms with E-state index in [4.69, 9.17) is 5.11 Å². The first-order valence-corrected chi connectivity index (χ1v) is 9.42. The zero-order valence-electron chi connectivity index (χ0n) is 16.9. The summed E-state index contributed by atoms with van der Waals surface area (Å²) in [6.45, 7) is 1.84. The van der Waals surface area contributed by atoms with Gasteiger partial charge < -0.3 is 20.6 Å². The van der Waals surface area contributed by atoms with Crippen LogP contribution in [-0.4, -0.2) is 48.1 Å². The number of nitrogens with one attached hydrogen (secondary N) is 2. The lowest BCUT2D eigenvalue weighted by molar-refractivity contribution is -0.137. The van der Waals surface area contributed by atoms with Crippen molar-refractivity contribution < 1.29 is 19.5 Å². The highest BCUT2D eigenvalue weighted by Gasteiger charge is 2.16. The van der Waals surface area contributed by atoms with Crippen LogP contribution in [0, 0.1) is 6.92 Å². The average Bonchev–Trinajstić information content (AvgIpc) is 2.68. The Balaban J connectivity index is 2.09. The highest BCUT2D eigenvalue weighted by atomic mass is 16.4. The number of hydrogen-bond donors (Lipinski definition) is 3. The number of hydrogen-bond acceptors (Lipinski definition) is 3. The number of aryl methyl sites for hydroxylation is 1. The minimum Gasteiger partial charge on any atom is -0.481 e. The lowest BCUT2D eigenvalue weighted by Crippen LogP contribution is -2.39. The van der Waals surface area contributed by atoms with E-state index in [1.54, 1.807) is 32.3 Å². The Labute approximate surface area is 170 Å². The van der Waals surface area contributed by atoms with Crippen LogP contribution < -0.4 is 10.6 Å². The largest absolute Gasteiger partial charge is 0.481 e. The van der Waals surface area contributed by atoms with Crippen LogP contribution in [-0.2, 0) is 11.2 Å². The summed E-state index contributed by atoms with van der Waals surface area (Å²) in [4.78, 5) is 37.2. The van der Waals surface area contributed by atoms with Crippen LogP contribution in [0.4, 0.5) is 10.5 Å². The van der Waals surface area contributed by atoms with Gasteiger partial charge in [0.1, 0.15) is 0 Å². The number of amides is 3. The van der Waals surface area contributed by atoms with Crippen LogP contribution in [0.3, 0.4) is 0 Å². The zero-order chi connectivity index (χ0) is 21.4. The molecule has 3 N–H and O–H groups in total. The first-order valence-electron chi connectivity index (χ1n) is 9.42. The number of urea groups is 1. The lowest BCUT2D eigenvalue weighted by atomic mass is 10.0. The molecule has 0 saturated carbocycles. The Hall–Kier alpha value is -3.35. The van der Waals surface area contributed by atoms with Crippen LogP contribution in [0.2, 0.25) is 0 Å². The molecule has 0 aromatic heterocycles. The fourth-order valence-corrected chi connectivity index (χ4v) is 2.91. The molecule has 0 bridgehead atoms. The summed E-state index contributed by atoms with van der Waals surface area (Å²) in [7, 11) is 3.33. The third-order valence-electron chi connectivity index (χ3n) is 4.51. The molecular formula is C22H27N3O4. The van der Waals surface area contributed by atoms with E-state index in [0.29, 0.717) is 24.1 Å². The molecule has 0 aliphatic rings. The first kappa shape index (κ1) is 21.9. The maximum atomic E-state index is 12.6. The van der Waals surface area contributed by atoms with E-state index in [-0.39, 0.29) is 18.4 Å². The summed E-state index contributed by atoms with van der Waals surface area (Å²) < 4.78 is 0. The number of carbonyl (C=O) groups is 3. The predicted octanol–water partition coefficient (Wildman–Crippen LogP) is 3.29. The maximum absolute atomic E-state index is 12.6. The van der Waals surface area contributed by atoms with Gasteiger partial charge in [-0.3, -0.25) is 9.59 Å². The number of anilines is 1. The smallest absolute Gasteiger partial charge is 0.319 e. The van der Waals surface area contributed by atoms with Crippen molar-refractivity contribution in [1.82, 2.24) is 10.2 Å². The molecule has 0 aliphatic heterocycles. The molecule has 2 rings (SSSR count). The summed E-state index contributed by atoms with van der Waals surface area (Å²) >= 11 is 0. The molecule has 1 unspecified atom stereocenters. The van der Waals surface area contributed by atoms with Gasteiger partial charge in [-0.1, -0.05) is 36.4 Å². The standard InChI is InChI=1S/C22H27N3O4/c1-15-9-10-17(21(28)25(2)3)14-19(15)24-22(29)23-18(11-12-20(26)27)13-16-7-5-4-6-8-16/h4-10,14,18H,11-13H2,1-3H3,(H,26,27)(H2,23,24,29). The van der Waals surface area contributed by atoms with Crippen molar-refractivity contribution >= 4 is 23.6 Å². The molecule has 0 heterocycles. The molecular weight excluding hydrogens is 370 g/mol. The topological polar surface area (TPSA) is 98.7 Å². The minimum absolute atomic E-state index is 0.0381. The minimum atomic E-state index is -0.906. The van der Waals surface area contributed by atoms with Crippen molar-refractivity contribution in [3.63, 3.8) is 0 Å². The molecule has 3 amide bonds. The summed E-state index contributed by atoms with van der Waals surface area (Å²) in [5, 5.41) is 14.6.